The fraction of sp³-hybridized carbons (Fsp3) is 0.692. The smallest absolute Gasteiger partial charge is 0.0599 e. The largest absolute Gasteiger partial charge is 0.381 e. The molecular formula is C13H19NO2S. The average molecular weight is 253 g/mol. The molecule has 1 aromatic heterocycles. The number of rotatable bonds is 2. The normalized spacial score (nSPS) is 25.9. The number of morpholine rings is 1. The Labute approximate surface area is 106 Å². The van der Waals surface area contributed by atoms with Gasteiger partial charge in [-0.25, -0.2) is 0 Å². The summed E-state index contributed by atoms with van der Waals surface area (Å²) in [6, 6.07) is 4.45. The topological polar surface area (TPSA) is 21.7 Å². The Morgan fingerprint density at radius 3 is 2.41 bits per heavy atom. The van der Waals surface area contributed by atoms with Crippen molar-refractivity contribution in [1.29, 1.82) is 0 Å². The molecule has 0 aliphatic carbocycles. The highest BCUT2D eigenvalue weighted by Gasteiger charge is 2.41. The van der Waals surface area contributed by atoms with Crippen molar-refractivity contribution in [2.45, 2.75) is 18.4 Å². The van der Waals surface area contributed by atoms with E-state index < -0.39 is 0 Å². The Bertz CT molecular complexity index is 340. The standard InChI is InChI=1S/C13H19NO2S/c1-2-12(17-11-1)13(3-7-15-8-4-13)14-5-9-16-10-6-14/h1-2,11H,3-10H2. The van der Waals surface area contributed by atoms with Gasteiger partial charge in [0.1, 0.15) is 0 Å². The molecule has 2 saturated heterocycles. The number of thiophene rings is 1. The first-order chi connectivity index (χ1) is 8.42. The molecule has 3 nitrogen and oxygen atoms in total. The highest BCUT2D eigenvalue weighted by molar-refractivity contribution is 7.10. The molecule has 0 unspecified atom stereocenters. The van der Waals surface area contributed by atoms with Crippen LogP contribution in [0, 0.1) is 0 Å². The van der Waals surface area contributed by atoms with Crippen LogP contribution in [0.4, 0.5) is 0 Å². The summed E-state index contributed by atoms with van der Waals surface area (Å²) in [5, 5.41) is 2.19. The maximum atomic E-state index is 5.56. The zero-order valence-corrected chi connectivity index (χ0v) is 10.9. The van der Waals surface area contributed by atoms with Crippen LogP contribution < -0.4 is 0 Å². The predicted molar refractivity (Wildman–Crippen MR) is 68.4 cm³/mol. The second-order valence-electron chi connectivity index (χ2n) is 4.72. The van der Waals surface area contributed by atoms with Gasteiger partial charge in [-0.3, -0.25) is 4.90 Å². The quantitative estimate of drug-likeness (QED) is 0.805. The Kier molecular flexibility index (Phi) is 3.47. The predicted octanol–water partition coefficient (Wildman–Crippen LogP) is 2.09. The van der Waals surface area contributed by atoms with Crippen LogP contribution >= 0.6 is 11.3 Å². The zero-order valence-electron chi connectivity index (χ0n) is 10.1. The van der Waals surface area contributed by atoms with Gasteiger partial charge in [-0.1, -0.05) is 6.07 Å². The van der Waals surface area contributed by atoms with Crippen LogP contribution in [-0.2, 0) is 15.0 Å². The molecule has 17 heavy (non-hydrogen) atoms. The minimum Gasteiger partial charge on any atom is -0.381 e. The summed E-state index contributed by atoms with van der Waals surface area (Å²) in [7, 11) is 0. The minimum absolute atomic E-state index is 0.218. The van der Waals surface area contributed by atoms with Crippen LogP contribution in [0.1, 0.15) is 17.7 Å². The van der Waals surface area contributed by atoms with Crippen molar-refractivity contribution in [2.75, 3.05) is 39.5 Å². The van der Waals surface area contributed by atoms with Gasteiger partial charge in [-0.15, -0.1) is 11.3 Å². The number of nitrogens with zero attached hydrogens (tertiary/aromatic N) is 1. The monoisotopic (exact) mass is 253 g/mol. The zero-order chi connectivity index (χ0) is 11.6. The molecule has 0 aromatic carbocycles. The molecule has 2 aliphatic rings. The van der Waals surface area contributed by atoms with Gasteiger partial charge in [0, 0.05) is 31.2 Å². The van der Waals surface area contributed by atoms with Gasteiger partial charge in [0.15, 0.2) is 0 Å². The van der Waals surface area contributed by atoms with Gasteiger partial charge in [0.05, 0.1) is 18.8 Å². The maximum absolute atomic E-state index is 5.56. The molecule has 3 rings (SSSR count). The summed E-state index contributed by atoms with van der Waals surface area (Å²) in [6.07, 6.45) is 2.24. The van der Waals surface area contributed by atoms with E-state index in [0.717, 1.165) is 52.4 Å². The summed E-state index contributed by atoms with van der Waals surface area (Å²) in [5.41, 5.74) is 0.218. The SMILES string of the molecule is c1csc(C2(N3CCOCC3)CCOCC2)c1. The van der Waals surface area contributed by atoms with E-state index in [0.29, 0.717) is 0 Å². The fourth-order valence-electron chi connectivity index (χ4n) is 2.96. The summed E-state index contributed by atoms with van der Waals surface area (Å²) >= 11 is 1.88. The van der Waals surface area contributed by atoms with Gasteiger partial charge in [0.25, 0.3) is 0 Å². The van der Waals surface area contributed by atoms with Crippen molar-refractivity contribution in [1.82, 2.24) is 4.90 Å². The first kappa shape index (κ1) is 11.7. The lowest BCUT2D eigenvalue weighted by molar-refractivity contribution is -0.0731. The van der Waals surface area contributed by atoms with E-state index in [1.54, 1.807) is 0 Å². The molecule has 94 valence electrons. The molecule has 0 N–H and O–H groups in total. The minimum atomic E-state index is 0.218. The molecule has 0 saturated carbocycles. The second kappa shape index (κ2) is 5.06. The van der Waals surface area contributed by atoms with E-state index >= 15 is 0 Å². The third-order valence-corrected chi connectivity index (χ3v) is 4.98. The Balaban J connectivity index is 1.89. The molecule has 0 radical (unpaired) electrons. The van der Waals surface area contributed by atoms with Crippen molar-refractivity contribution in [3.05, 3.63) is 22.4 Å². The van der Waals surface area contributed by atoms with Gasteiger partial charge >= 0.3 is 0 Å². The van der Waals surface area contributed by atoms with Gasteiger partial charge in [0.2, 0.25) is 0 Å². The van der Waals surface area contributed by atoms with E-state index in [1.807, 2.05) is 11.3 Å². The first-order valence-electron chi connectivity index (χ1n) is 6.36. The maximum Gasteiger partial charge on any atom is 0.0599 e. The third kappa shape index (κ3) is 2.15. The lowest BCUT2D eigenvalue weighted by atomic mass is 9.86. The lowest BCUT2D eigenvalue weighted by Crippen LogP contribution is -2.53. The number of hydrogen-bond donors (Lipinski definition) is 0. The van der Waals surface area contributed by atoms with E-state index in [-0.39, 0.29) is 5.54 Å². The van der Waals surface area contributed by atoms with Crippen molar-refractivity contribution in [3.8, 4) is 0 Å². The van der Waals surface area contributed by atoms with Crippen LogP contribution in [0.3, 0.4) is 0 Å². The molecule has 0 spiro atoms. The van der Waals surface area contributed by atoms with Crippen LogP contribution in [0.25, 0.3) is 0 Å². The van der Waals surface area contributed by atoms with Crippen LogP contribution in [0.5, 0.6) is 0 Å². The van der Waals surface area contributed by atoms with E-state index in [2.05, 4.69) is 22.4 Å². The molecule has 3 heterocycles. The molecule has 2 fully saturated rings. The Hall–Kier alpha value is -0.420. The number of ether oxygens (including phenoxy) is 2. The highest BCUT2D eigenvalue weighted by Crippen LogP contribution is 2.40. The summed E-state index contributed by atoms with van der Waals surface area (Å²) in [4.78, 5) is 4.12. The van der Waals surface area contributed by atoms with E-state index in [4.69, 9.17) is 9.47 Å². The van der Waals surface area contributed by atoms with Crippen molar-refractivity contribution in [2.24, 2.45) is 0 Å². The average Bonchev–Trinajstić information content (AvgIpc) is 2.95. The molecule has 0 atom stereocenters. The molecule has 4 heteroatoms. The first-order valence-corrected chi connectivity index (χ1v) is 7.24. The van der Waals surface area contributed by atoms with Gasteiger partial charge < -0.3 is 9.47 Å². The van der Waals surface area contributed by atoms with Crippen molar-refractivity contribution >= 4 is 11.3 Å². The molecular weight excluding hydrogens is 234 g/mol. The van der Waals surface area contributed by atoms with Gasteiger partial charge in [-0.2, -0.15) is 0 Å². The number of hydrogen-bond acceptors (Lipinski definition) is 4. The van der Waals surface area contributed by atoms with Crippen molar-refractivity contribution < 1.29 is 9.47 Å². The summed E-state index contributed by atoms with van der Waals surface area (Å²) < 4.78 is 11.0. The van der Waals surface area contributed by atoms with Crippen LogP contribution in [0.2, 0.25) is 0 Å². The Morgan fingerprint density at radius 2 is 1.76 bits per heavy atom. The van der Waals surface area contributed by atoms with E-state index in [9.17, 15) is 0 Å². The third-order valence-electron chi connectivity index (χ3n) is 3.92. The lowest BCUT2D eigenvalue weighted by Gasteiger charge is -2.47. The highest BCUT2D eigenvalue weighted by atomic mass is 32.1. The molecule has 1 aromatic rings. The van der Waals surface area contributed by atoms with Crippen molar-refractivity contribution in [3.63, 3.8) is 0 Å². The van der Waals surface area contributed by atoms with Crippen LogP contribution in [0.15, 0.2) is 17.5 Å². The molecule has 2 aliphatic heterocycles. The second-order valence-corrected chi connectivity index (χ2v) is 5.67. The van der Waals surface area contributed by atoms with Gasteiger partial charge in [-0.05, 0) is 24.3 Å². The molecule has 0 amide bonds. The van der Waals surface area contributed by atoms with Crippen LogP contribution in [-0.4, -0.2) is 44.4 Å². The summed E-state index contributed by atoms with van der Waals surface area (Å²) in [5.74, 6) is 0. The molecule has 0 bridgehead atoms. The fourth-order valence-corrected chi connectivity index (χ4v) is 3.98. The Morgan fingerprint density at radius 1 is 1.06 bits per heavy atom. The van der Waals surface area contributed by atoms with E-state index in [1.165, 1.54) is 4.88 Å². The summed E-state index contributed by atoms with van der Waals surface area (Å²) in [6.45, 7) is 5.61.